The van der Waals surface area contributed by atoms with Crippen molar-refractivity contribution >= 4 is 5.95 Å². The highest BCUT2D eigenvalue weighted by Crippen LogP contribution is 2.19. The molecule has 1 aromatic heterocycles. The topological polar surface area (TPSA) is 50.7 Å². The van der Waals surface area contributed by atoms with Crippen molar-refractivity contribution in [2.24, 2.45) is 5.92 Å². The lowest BCUT2D eigenvalue weighted by molar-refractivity contribution is 0.113. The molecule has 1 fully saturated rings. The fraction of sp³-hybridized carbons (Fsp3) is 0.692. The van der Waals surface area contributed by atoms with Gasteiger partial charge in [-0.3, -0.25) is 0 Å². The van der Waals surface area contributed by atoms with Gasteiger partial charge in [0.05, 0.1) is 26.5 Å². The zero-order chi connectivity index (χ0) is 14.5. The highest BCUT2D eigenvalue weighted by molar-refractivity contribution is 5.33. The van der Waals surface area contributed by atoms with Gasteiger partial charge in [-0.1, -0.05) is 0 Å². The average molecular weight is 284 g/mol. The Morgan fingerprint density at radius 1 is 1.55 bits per heavy atom. The second kappa shape index (κ2) is 6.81. The summed E-state index contributed by atoms with van der Waals surface area (Å²) < 4.78 is 23.9. The lowest BCUT2D eigenvalue weighted by Gasteiger charge is -2.25. The van der Waals surface area contributed by atoms with Gasteiger partial charge in [0, 0.05) is 25.6 Å². The predicted molar refractivity (Wildman–Crippen MR) is 73.6 cm³/mol. The maximum atomic E-state index is 13.4. The Hall–Kier alpha value is -1.47. The molecule has 1 unspecified atom stereocenters. The summed E-state index contributed by atoms with van der Waals surface area (Å²) in [6, 6.07) is 0. The van der Waals surface area contributed by atoms with Gasteiger partial charge in [-0.05, 0) is 14.1 Å². The lowest BCUT2D eigenvalue weighted by Crippen LogP contribution is -2.35. The molecule has 7 heteroatoms. The molecule has 20 heavy (non-hydrogen) atoms. The third-order valence-electron chi connectivity index (χ3n) is 3.14. The standard InChI is InChI=1S/C13H21FN4O2/c1-17(2)7-10-8-18(4-5-20-9-10)13-15-6-11(14)12(16-13)19-3/h6,10H,4-5,7-9H2,1-3H3. The molecular weight excluding hydrogens is 263 g/mol. The van der Waals surface area contributed by atoms with Gasteiger partial charge < -0.3 is 19.3 Å². The summed E-state index contributed by atoms with van der Waals surface area (Å²) in [5.74, 6) is 0.279. The Bertz CT molecular complexity index is 444. The van der Waals surface area contributed by atoms with Gasteiger partial charge >= 0.3 is 0 Å². The third kappa shape index (κ3) is 3.77. The van der Waals surface area contributed by atoms with E-state index in [2.05, 4.69) is 14.9 Å². The van der Waals surface area contributed by atoms with E-state index in [9.17, 15) is 4.39 Å². The minimum Gasteiger partial charge on any atom is -0.479 e. The van der Waals surface area contributed by atoms with Crippen LogP contribution in [0.25, 0.3) is 0 Å². The first-order valence-electron chi connectivity index (χ1n) is 6.64. The van der Waals surface area contributed by atoms with Crippen molar-refractivity contribution in [3.8, 4) is 5.88 Å². The molecule has 1 aliphatic rings. The highest BCUT2D eigenvalue weighted by atomic mass is 19.1. The van der Waals surface area contributed by atoms with E-state index in [-0.39, 0.29) is 5.88 Å². The number of methoxy groups -OCH3 is 1. The molecule has 0 aliphatic carbocycles. The Morgan fingerprint density at radius 2 is 2.35 bits per heavy atom. The molecular formula is C13H21FN4O2. The Balaban J connectivity index is 2.13. The third-order valence-corrected chi connectivity index (χ3v) is 3.14. The molecule has 0 amide bonds. The molecule has 1 saturated heterocycles. The van der Waals surface area contributed by atoms with Crippen molar-refractivity contribution in [3.05, 3.63) is 12.0 Å². The quantitative estimate of drug-likeness (QED) is 0.809. The molecule has 0 saturated carbocycles. The fourth-order valence-corrected chi connectivity index (χ4v) is 2.33. The number of hydrogen-bond acceptors (Lipinski definition) is 6. The van der Waals surface area contributed by atoms with Crippen LogP contribution in [0, 0.1) is 11.7 Å². The van der Waals surface area contributed by atoms with Gasteiger partial charge in [0.25, 0.3) is 5.88 Å². The van der Waals surface area contributed by atoms with Crippen LogP contribution >= 0.6 is 0 Å². The summed E-state index contributed by atoms with van der Waals surface area (Å²) >= 11 is 0. The zero-order valence-electron chi connectivity index (χ0n) is 12.2. The lowest BCUT2D eigenvalue weighted by atomic mass is 10.1. The summed E-state index contributed by atoms with van der Waals surface area (Å²) in [5.41, 5.74) is 0. The van der Waals surface area contributed by atoms with Crippen LogP contribution < -0.4 is 9.64 Å². The van der Waals surface area contributed by atoms with E-state index in [1.165, 1.54) is 7.11 Å². The molecule has 1 aliphatic heterocycles. The van der Waals surface area contributed by atoms with E-state index in [4.69, 9.17) is 9.47 Å². The highest BCUT2D eigenvalue weighted by Gasteiger charge is 2.22. The van der Waals surface area contributed by atoms with E-state index < -0.39 is 5.82 Å². The molecule has 6 nitrogen and oxygen atoms in total. The molecule has 0 radical (unpaired) electrons. The van der Waals surface area contributed by atoms with Crippen LogP contribution in [0.2, 0.25) is 0 Å². The number of ether oxygens (including phenoxy) is 2. The van der Waals surface area contributed by atoms with Crippen LogP contribution in [0.1, 0.15) is 0 Å². The average Bonchev–Trinajstić information content (AvgIpc) is 2.64. The molecule has 0 spiro atoms. The summed E-state index contributed by atoms with van der Waals surface area (Å²) in [7, 11) is 5.47. The maximum Gasteiger partial charge on any atom is 0.255 e. The molecule has 1 atom stereocenters. The number of hydrogen-bond donors (Lipinski definition) is 0. The number of nitrogens with zero attached hydrogens (tertiary/aromatic N) is 4. The van der Waals surface area contributed by atoms with Crippen molar-refractivity contribution in [2.75, 3.05) is 59.0 Å². The van der Waals surface area contributed by atoms with Crippen LogP contribution in [-0.4, -0.2) is 68.9 Å². The Morgan fingerprint density at radius 3 is 3.05 bits per heavy atom. The van der Waals surface area contributed by atoms with Crippen molar-refractivity contribution in [1.29, 1.82) is 0 Å². The summed E-state index contributed by atoms with van der Waals surface area (Å²) in [4.78, 5) is 12.3. The van der Waals surface area contributed by atoms with E-state index >= 15 is 0 Å². The normalized spacial score (nSPS) is 20.1. The van der Waals surface area contributed by atoms with E-state index in [0.29, 0.717) is 31.6 Å². The largest absolute Gasteiger partial charge is 0.479 e. The molecule has 0 N–H and O–H groups in total. The Labute approximate surface area is 118 Å². The van der Waals surface area contributed by atoms with Crippen molar-refractivity contribution in [2.45, 2.75) is 0 Å². The van der Waals surface area contributed by atoms with Gasteiger partial charge in [-0.2, -0.15) is 9.37 Å². The molecule has 2 heterocycles. The van der Waals surface area contributed by atoms with Gasteiger partial charge in [0.15, 0.2) is 0 Å². The van der Waals surface area contributed by atoms with Crippen LogP contribution in [0.3, 0.4) is 0 Å². The summed E-state index contributed by atoms with van der Waals surface area (Å²) in [6.45, 7) is 3.74. The van der Waals surface area contributed by atoms with Crippen LogP contribution in [-0.2, 0) is 4.74 Å². The number of halogens is 1. The molecule has 0 bridgehead atoms. The second-order valence-electron chi connectivity index (χ2n) is 5.18. The first-order valence-corrected chi connectivity index (χ1v) is 6.64. The van der Waals surface area contributed by atoms with E-state index in [1.54, 1.807) is 0 Å². The van der Waals surface area contributed by atoms with Gasteiger partial charge in [0.1, 0.15) is 0 Å². The van der Waals surface area contributed by atoms with Gasteiger partial charge in [-0.15, -0.1) is 0 Å². The zero-order valence-corrected chi connectivity index (χ0v) is 12.2. The fourth-order valence-electron chi connectivity index (χ4n) is 2.33. The van der Waals surface area contributed by atoms with Gasteiger partial charge in [0.2, 0.25) is 11.8 Å². The minimum absolute atomic E-state index is 0.0238. The number of anilines is 1. The minimum atomic E-state index is -0.549. The number of rotatable bonds is 4. The smallest absolute Gasteiger partial charge is 0.255 e. The monoisotopic (exact) mass is 284 g/mol. The van der Waals surface area contributed by atoms with Gasteiger partial charge in [-0.25, -0.2) is 4.98 Å². The molecule has 1 aromatic rings. The van der Waals surface area contributed by atoms with E-state index in [0.717, 1.165) is 19.3 Å². The van der Waals surface area contributed by atoms with Crippen LogP contribution in [0.4, 0.5) is 10.3 Å². The first-order chi connectivity index (χ1) is 9.60. The SMILES string of the molecule is COc1nc(N2CCOCC(CN(C)C)C2)ncc1F. The van der Waals surface area contributed by atoms with Crippen LogP contribution in [0.5, 0.6) is 5.88 Å². The Kier molecular flexibility index (Phi) is 5.08. The van der Waals surface area contributed by atoms with E-state index in [1.807, 2.05) is 19.0 Å². The first kappa shape index (κ1) is 14.9. The molecule has 112 valence electrons. The summed E-state index contributed by atoms with van der Waals surface area (Å²) in [5, 5.41) is 0. The van der Waals surface area contributed by atoms with Crippen molar-refractivity contribution in [1.82, 2.24) is 14.9 Å². The predicted octanol–water partition coefficient (Wildman–Crippen LogP) is 0.639. The maximum absolute atomic E-state index is 13.4. The van der Waals surface area contributed by atoms with Crippen molar-refractivity contribution < 1.29 is 13.9 Å². The molecule has 0 aromatic carbocycles. The number of aromatic nitrogens is 2. The van der Waals surface area contributed by atoms with Crippen molar-refractivity contribution in [3.63, 3.8) is 0 Å². The molecule has 2 rings (SSSR count). The second-order valence-corrected chi connectivity index (χ2v) is 5.18. The summed E-state index contributed by atoms with van der Waals surface area (Å²) in [6.07, 6.45) is 1.15. The van der Waals surface area contributed by atoms with Crippen LogP contribution in [0.15, 0.2) is 6.20 Å².